The van der Waals surface area contributed by atoms with E-state index in [1.54, 1.807) is 18.2 Å². The third kappa shape index (κ3) is 3.29. The van der Waals surface area contributed by atoms with Crippen molar-refractivity contribution in [1.82, 2.24) is 4.57 Å². The van der Waals surface area contributed by atoms with Crippen molar-refractivity contribution in [2.45, 2.75) is 20.4 Å². The number of nitrogens with two attached hydrogens (primary N) is 1. The number of hydrogen-bond acceptors (Lipinski definition) is 3. The lowest BCUT2D eigenvalue weighted by atomic mass is 10.2. The first kappa shape index (κ1) is 16.5. The number of hydrogen-bond donors (Lipinski definition) is 3. The van der Waals surface area contributed by atoms with Crippen molar-refractivity contribution in [3.63, 3.8) is 0 Å². The first-order chi connectivity index (χ1) is 12.0. The highest BCUT2D eigenvalue weighted by Crippen LogP contribution is 2.30. The third-order valence-electron chi connectivity index (χ3n) is 3.93. The average Bonchev–Trinajstić information content (AvgIpc) is 2.84. The largest absolute Gasteiger partial charge is 0.508 e. The maximum Gasteiger partial charge on any atom is 0.221 e. The lowest BCUT2D eigenvalue weighted by molar-refractivity contribution is -0.114. The van der Waals surface area contributed by atoms with Crippen molar-refractivity contribution >= 4 is 28.2 Å². The summed E-state index contributed by atoms with van der Waals surface area (Å²) >= 11 is 0. The number of phenols is 1. The number of benzene rings is 2. The molecule has 1 amide bonds. The molecule has 5 heteroatoms. The second kappa shape index (κ2) is 6.62. The Hall–Kier alpha value is -3.39. The van der Waals surface area contributed by atoms with Gasteiger partial charge in [-0.3, -0.25) is 4.79 Å². The van der Waals surface area contributed by atoms with Gasteiger partial charge in [0.15, 0.2) is 0 Å². The topological polar surface area (TPSA) is 80.3 Å². The molecule has 3 rings (SSSR count). The number of phenolic OH excluding ortho intramolecular Hbond substituents is 1. The van der Waals surface area contributed by atoms with Gasteiger partial charge in [0.05, 0.1) is 11.2 Å². The Labute approximate surface area is 146 Å². The van der Waals surface area contributed by atoms with Crippen LogP contribution in [0.25, 0.3) is 10.9 Å². The first-order valence-electron chi connectivity index (χ1n) is 8.00. The molecule has 1 heterocycles. The van der Waals surface area contributed by atoms with E-state index in [0.29, 0.717) is 12.2 Å². The molecule has 1 aromatic heterocycles. The Morgan fingerprint density at radius 3 is 2.56 bits per heavy atom. The van der Waals surface area contributed by atoms with Gasteiger partial charge in [0.25, 0.3) is 0 Å². The monoisotopic (exact) mass is 333 g/mol. The molecule has 0 aliphatic heterocycles. The molecule has 0 spiro atoms. The zero-order chi connectivity index (χ0) is 18.0. The van der Waals surface area contributed by atoms with Gasteiger partial charge in [-0.15, -0.1) is 0 Å². The summed E-state index contributed by atoms with van der Waals surface area (Å²) in [5.74, 6) is 6.34. The number of nitrogens with zero attached hydrogens (tertiary/aromatic N) is 1. The number of amides is 1. The molecule has 5 nitrogen and oxygen atoms in total. The van der Waals surface area contributed by atoms with Gasteiger partial charge in [-0.2, -0.15) is 0 Å². The number of carbonyl (C=O) groups excluding carboxylic acids is 1. The molecule has 126 valence electrons. The molecule has 0 bridgehead atoms. The molecule has 4 N–H and O–H groups in total. The number of aryl methyl sites for hydroxylation is 1. The molecule has 0 radical (unpaired) electrons. The van der Waals surface area contributed by atoms with Crippen molar-refractivity contribution in [3.05, 3.63) is 53.7 Å². The van der Waals surface area contributed by atoms with Crippen LogP contribution in [0.2, 0.25) is 0 Å². The van der Waals surface area contributed by atoms with Gasteiger partial charge < -0.3 is 20.7 Å². The van der Waals surface area contributed by atoms with Crippen molar-refractivity contribution in [3.8, 4) is 17.6 Å². The Balaban J connectivity index is 2.00. The summed E-state index contributed by atoms with van der Waals surface area (Å²) in [7, 11) is 0. The molecule has 0 aliphatic rings. The first-order valence-corrected chi connectivity index (χ1v) is 8.00. The number of nitrogen functional groups attached to an aromatic ring is 1. The van der Waals surface area contributed by atoms with Crippen molar-refractivity contribution in [2.75, 3.05) is 11.1 Å². The van der Waals surface area contributed by atoms with Gasteiger partial charge in [-0.25, -0.2) is 0 Å². The fraction of sp³-hybridized carbons (Fsp3) is 0.150. The van der Waals surface area contributed by atoms with E-state index in [1.807, 2.05) is 35.8 Å². The smallest absolute Gasteiger partial charge is 0.221 e. The minimum atomic E-state index is -0.109. The van der Waals surface area contributed by atoms with Gasteiger partial charge in [0.2, 0.25) is 5.91 Å². The van der Waals surface area contributed by atoms with E-state index in [1.165, 1.54) is 6.92 Å². The lowest BCUT2D eigenvalue weighted by Crippen LogP contribution is -2.05. The molecule has 2 aromatic carbocycles. The fourth-order valence-corrected chi connectivity index (χ4v) is 2.80. The highest BCUT2D eigenvalue weighted by Gasteiger charge is 2.12. The van der Waals surface area contributed by atoms with Gasteiger partial charge in [0.1, 0.15) is 11.4 Å². The zero-order valence-corrected chi connectivity index (χ0v) is 14.1. The molecule has 0 unspecified atom stereocenters. The Bertz CT molecular complexity index is 1010. The minimum Gasteiger partial charge on any atom is -0.508 e. The molecule has 0 saturated heterocycles. The van der Waals surface area contributed by atoms with E-state index in [2.05, 4.69) is 17.2 Å². The highest BCUT2D eigenvalue weighted by atomic mass is 16.3. The number of nitrogens with one attached hydrogen (secondary N) is 1. The number of rotatable bonds is 2. The number of fused-ring (bicyclic) bond motifs is 1. The Morgan fingerprint density at radius 2 is 1.92 bits per heavy atom. The third-order valence-corrected chi connectivity index (χ3v) is 3.93. The van der Waals surface area contributed by atoms with Crippen LogP contribution in [0.3, 0.4) is 0 Å². The van der Waals surface area contributed by atoms with E-state index in [-0.39, 0.29) is 11.7 Å². The quantitative estimate of drug-likeness (QED) is 0.629. The molecule has 3 aromatic rings. The van der Waals surface area contributed by atoms with Crippen LogP contribution in [0.1, 0.15) is 25.1 Å². The highest BCUT2D eigenvalue weighted by molar-refractivity contribution is 5.96. The molecule has 0 fully saturated rings. The summed E-state index contributed by atoms with van der Waals surface area (Å²) in [6, 6.07) is 12.4. The van der Waals surface area contributed by atoms with Crippen LogP contribution in [0.5, 0.6) is 5.75 Å². The van der Waals surface area contributed by atoms with Crippen LogP contribution in [0.4, 0.5) is 11.4 Å². The summed E-state index contributed by atoms with van der Waals surface area (Å²) in [5, 5.41) is 13.3. The maximum atomic E-state index is 11.1. The number of carbonyl (C=O) groups is 1. The lowest BCUT2D eigenvalue weighted by Gasteiger charge is -2.03. The van der Waals surface area contributed by atoms with E-state index in [4.69, 9.17) is 5.73 Å². The van der Waals surface area contributed by atoms with Crippen LogP contribution >= 0.6 is 0 Å². The fourth-order valence-electron chi connectivity index (χ4n) is 2.80. The van der Waals surface area contributed by atoms with Gasteiger partial charge in [-0.1, -0.05) is 5.92 Å². The summed E-state index contributed by atoms with van der Waals surface area (Å²) in [6.45, 7) is 4.18. The van der Waals surface area contributed by atoms with E-state index in [9.17, 15) is 9.90 Å². The van der Waals surface area contributed by atoms with Crippen LogP contribution in [0.15, 0.2) is 42.5 Å². The van der Waals surface area contributed by atoms with Crippen LogP contribution in [-0.2, 0) is 11.3 Å². The zero-order valence-electron chi connectivity index (χ0n) is 14.1. The number of anilines is 2. The van der Waals surface area contributed by atoms with Crippen molar-refractivity contribution < 1.29 is 9.90 Å². The predicted molar refractivity (Wildman–Crippen MR) is 100 cm³/mol. The van der Waals surface area contributed by atoms with Crippen LogP contribution in [0, 0.1) is 11.8 Å². The maximum absolute atomic E-state index is 11.1. The minimum absolute atomic E-state index is 0.109. The second-order valence-electron chi connectivity index (χ2n) is 5.72. The Kier molecular flexibility index (Phi) is 4.36. The number of aromatic hydroxyl groups is 1. The van der Waals surface area contributed by atoms with Crippen LogP contribution < -0.4 is 11.1 Å². The van der Waals surface area contributed by atoms with Gasteiger partial charge in [-0.05, 0) is 49.2 Å². The normalized spacial score (nSPS) is 10.3. The average molecular weight is 333 g/mol. The summed E-state index contributed by atoms with van der Waals surface area (Å²) in [4.78, 5) is 11.1. The van der Waals surface area contributed by atoms with Gasteiger partial charge in [0, 0.05) is 36.2 Å². The molecular weight excluding hydrogens is 314 g/mol. The molecule has 0 saturated carbocycles. The Morgan fingerprint density at radius 1 is 1.20 bits per heavy atom. The molecule has 25 heavy (non-hydrogen) atoms. The van der Waals surface area contributed by atoms with E-state index >= 15 is 0 Å². The predicted octanol–water partition coefficient (Wildman–Crippen LogP) is 3.31. The summed E-state index contributed by atoms with van der Waals surface area (Å²) < 4.78 is 1.99. The van der Waals surface area contributed by atoms with Crippen molar-refractivity contribution in [1.29, 1.82) is 0 Å². The SMILES string of the molecule is CCn1c(C#Cc2ccc(NC(C)=O)cc2)c(N)c2ccc(O)cc21. The summed E-state index contributed by atoms with van der Waals surface area (Å²) in [6.07, 6.45) is 0. The van der Waals surface area contributed by atoms with Gasteiger partial charge >= 0.3 is 0 Å². The second-order valence-corrected chi connectivity index (χ2v) is 5.72. The molecule has 0 aliphatic carbocycles. The van der Waals surface area contributed by atoms with Crippen LogP contribution in [-0.4, -0.2) is 15.6 Å². The van der Waals surface area contributed by atoms with Crippen molar-refractivity contribution in [2.24, 2.45) is 0 Å². The number of aromatic nitrogens is 1. The van der Waals surface area contributed by atoms with E-state index < -0.39 is 0 Å². The van der Waals surface area contributed by atoms with E-state index in [0.717, 1.165) is 27.8 Å². The molecule has 0 atom stereocenters. The summed E-state index contributed by atoms with van der Waals surface area (Å²) in [5.41, 5.74) is 10.0. The standard InChI is InChI=1S/C20H19N3O2/c1-3-23-18(20(21)17-10-9-16(25)12-19(17)23)11-6-14-4-7-15(8-5-14)22-13(2)24/h4-5,7-10,12,25H,3,21H2,1-2H3,(H,22,24). The molecular formula is C20H19N3O2.